The first kappa shape index (κ1) is 17.2. The van der Waals surface area contributed by atoms with Gasteiger partial charge >= 0.3 is 5.97 Å². The molecular weight excluding hydrogens is 328 g/mol. The number of nitrogens with one attached hydrogen (secondary N) is 2. The van der Waals surface area contributed by atoms with Crippen molar-refractivity contribution in [2.75, 3.05) is 26.7 Å². The Morgan fingerprint density at radius 1 is 1.45 bits per heavy atom. The largest absolute Gasteiger partial charge is 0.465 e. The van der Waals surface area contributed by atoms with E-state index in [1.165, 1.54) is 25.3 Å². The van der Waals surface area contributed by atoms with Gasteiger partial charge in [0.1, 0.15) is 0 Å². The van der Waals surface area contributed by atoms with Gasteiger partial charge in [0.15, 0.2) is 0 Å². The summed E-state index contributed by atoms with van der Waals surface area (Å²) in [7, 11) is -2.49. The average molecular weight is 347 g/mol. The van der Waals surface area contributed by atoms with Crippen molar-refractivity contribution in [2.24, 2.45) is 5.92 Å². The number of ether oxygens (including phenoxy) is 1. The highest BCUT2D eigenvalue weighted by atomic mass is 35.5. The normalized spacial score (nSPS) is 18.9. The molecule has 1 atom stereocenters. The zero-order valence-electron chi connectivity index (χ0n) is 12.3. The summed E-state index contributed by atoms with van der Waals surface area (Å²) in [5, 5.41) is 3.40. The third-order valence-corrected chi connectivity index (χ3v) is 5.18. The monoisotopic (exact) mass is 346 g/mol. The molecule has 1 aliphatic heterocycles. The van der Waals surface area contributed by atoms with E-state index in [0.717, 1.165) is 25.9 Å². The van der Waals surface area contributed by atoms with Gasteiger partial charge in [0.25, 0.3) is 0 Å². The minimum Gasteiger partial charge on any atom is -0.465 e. The van der Waals surface area contributed by atoms with Crippen LogP contribution in [0.15, 0.2) is 23.1 Å². The predicted octanol–water partition coefficient (Wildman–Crippen LogP) is 1.40. The number of hydrogen-bond donors (Lipinski definition) is 2. The molecule has 0 amide bonds. The molecule has 2 rings (SSSR count). The third kappa shape index (κ3) is 4.42. The van der Waals surface area contributed by atoms with Crippen molar-refractivity contribution < 1.29 is 17.9 Å². The maximum Gasteiger partial charge on any atom is 0.337 e. The van der Waals surface area contributed by atoms with Crippen molar-refractivity contribution >= 4 is 27.6 Å². The van der Waals surface area contributed by atoms with Gasteiger partial charge in [-0.1, -0.05) is 11.6 Å². The summed E-state index contributed by atoms with van der Waals surface area (Å²) in [6, 6.07) is 3.95. The molecule has 1 heterocycles. The molecule has 22 heavy (non-hydrogen) atoms. The predicted molar refractivity (Wildman–Crippen MR) is 83.6 cm³/mol. The second-order valence-electron chi connectivity index (χ2n) is 5.23. The Morgan fingerprint density at radius 3 is 2.86 bits per heavy atom. The standard InChI is InChI=1S/C14H19ClN2O4S/c1-21-14(18)11-5-12(15)7-13(6-11)22(19,20)17-9-10-3-2-4-16-8-10/h5-7,10,16-17H,2-4,8-9H2,1H3. The van der Waals surface area contributed by atoms with E-state index in [1.54, 1.807) is 0 Å². The van der Waals surface area contributed by atoms with Crippen molar-refractivity contribution in [2.45, 2.75) is 17.7 Å². The van der Waals surface area contributed by atoms with Crippen LogP contribution in [0.1, 0.15) is 23.2 Å². The van der Waals surface area contributed by atoms with E-state index < -0.39 is 16.0 Å². The van der Waals surface area contributed by atoms with Crippen LogP contribution in [0.4, 0.5) is 0 Å². The highest BCUT2D eigenvalue weighted by Gasteiger charge is 2.20. The molecule has 0 radical (unpaired) electrons. The van der Waals surface area contributed by atoms with E-state index in [-0.39, 0.29) is 21.4 Å². The van der Waals surface area contributed by atoms with Crippen molar-refractivity contribution in [3.8, 4) is 0 Å². The summed E-state index contributed by atoms with van der Waals surface area (Å²) in [4.78, 5) is 11.5. The highest BCUT2D eigenvalue weighted by Crippen LogP contribution is 2.20. The van der Waals surface area contributed by atoms with E-state index in [0.29, 0.717) is 6.54 Å². The lowest BCUT2D eigenvalue weighted by Crippen LogP contribution is -2.38. The highest BCUT2D eigenvalue weighted by molar-refractivity contribution is 7.89. The van der Waals surface area contributed by atoms with Crippen LogP contribution in [0.2, 0.25) is 5.02 Å². The molecule has 1 saturated heterocycles. The first-order valence-electron chi connectivity index (χ1n) is 7.01. The number of carbonyl (C=O) groups excluding carboxylic acids is 1. The maximum atomic E-state index is 12.3. The summed E-state index contributed by atoms with van der Waals surface area (Å²) in [5.74, 6) is -0.363. The molecular formula is C14H19ClN2O4S. The van der Waals surface area contributed by atoms with E-state index in [4.69, 9.17) is 11.6 Å². The molecule has 0 aliphatic carbocycles. The zero-order chi connectivity index (χ0) is 16.2. The van der Waals surface area contributed by atoms with Crippen LogP contribution >= 0.6 is 11.6 Å². The molecule has 6 nitrogen and oxygen atoms in total. The van der Waals surface area contributed by atoms with Gasteiger partial charge in [0, 0.05) is 11.6 Å². The minimum atomic E-state index is -3.72. The molecule has 1 aliphatic rings. The van der Waals surface area contributed by atoms with Crippen LogP contribution in [0.25, 0.3) is 0 Å². The fourth-order valence-electron chi connectivity index (χ4n) is 2.36. The molecule has 1 aromatic carbocycles. The number of esters is 1. The first-order valence-corrected chi connectivity index (χ1v) is 8.88. The number of methoxy groups -OCH3 is 1. The lowest BCUT2D eigenvalue weighted by atomic mass is 10.0. The van der Waals surface area contributed by atoms with E-state index in [1.807, 2.05) is 0 Å². The molecule has 1 unspecified atom stereocenters. The number of benzene rings is 1. The Hall–Kier alpha value is -1.15. The van der Waals surface area contributed by atoms with Gasteiger partial charge < -0.3 is 10.1 Å². The number of piperidine rings is 1. The quantitative estimate of drug-likeness (QED) is 0.787. The molecule has 122 valence electrons. The molecule has 0 bridgehead atoms. The number of halogens is 1. The Balaban J connectivity index is 2.14. The summed E-state index contributed by atoms with van der Waals surface area (Å²) in [5.41, 5.74) is 0.106. The lowest BCUT2D eigenvalue weighted by Gasteiger charge is -2.22. The Bertz CT molecular complexity index is 642. The molecule has 8 heteroatoms. The summed E-state index contributed by atoms with van der Waals surface area (Å²) in [6.45, 7) is 2.13. The fraction of sp³-hybridized carbons (Fsp3) is 0.500. The fourth-order valence-corrected chi connectivity index (χ4v) is 3.85. The second-order valence-corrected chi connectivity index (χ2v) is 7.43. The molecule has 2 N–H and O–H groups in total. The van der Waals surface area contributed by atoms with Gasteiger partial charge in [-0.3, -0.25) is 0 Å². The van der Waals surface area contributed by atoms with Crippen LogP contribution in [0.5, 0.6) is 0 Å². The van der Waals surface area contributed by atoms with E-state index >= 15 is 0 Å². The second kappa shape index (κ2) is 7.41. The average Bonchev–Trinajstić information content (AvgIpc) is 2.52. The van der Waals surface area contributed by atoms with Gasteiger partial charge in [-0.15, -0.1) is 0 Å². The molecule has 0 aromatic heterocycles. The molecule has 1 fully saturated rings. The molecule has 0 spiro atoms. The van der Waals surface area contributed by atoms with Crippen molar-refractivity contribution in [1.29, 1.82) is 0 Å². The minimum absolute atomic E-state index is 0.0378. The van der Waals surface area contributed by atoms with Gasteiger partial charge in [0.2, 0.25) is 10.0 Å². The van der Waals surface area contributed by atoms with Gasteiger partial charge in [0.05, 0.1) is 17.6 Å². The van der Waals surface area contributed by atoms with Crippen LogP contribution in [-0.2, 0) is 14.8 Å². The zero-order valence-corrected chi connectivity index (χ0v) is 13.8. The summed E-state index contributed by atoms with van der Waals surface area (Å²) >= 11 is 5.90. The lowest BCUT2D eigenvalue weighted by molar-refractivity contribution is 0.0600. The number of rotatable bonds is 5. The topological polar surface area (TPSA) is 84.5 Å². The van der Waals surface area contributed by atoms with Crippen molar-refractivity contribution in [1.82, 2.24) is 10.0 Å². The van der Waals surface area contributed by atoms with Crippen LogP contribution in [-0.4, -0.2) is 41.1 Å². The smallest absolute Gasteiger partial charge is 0.337 e. The SMILES string of the molecule is COC(=O)c1cc(Cl)cc(S(=O)(=O)NCC2CCCNC2)c1. The maximum absolute atomic E-state index is 12.3. The number of hydrogen-bond acceptors (Lipinski definition) is 5. The van der Waals surface area contributed by atoms with Gasteiger partial charge in [-0.2, -0.15) is 0 Å². The number of sulfonamides is 1. The third-order valence-electron chi connectivity index (χ3n) is 3.56. The van der Waals surface area contributed by atoms with Crippen LogP contribution in [0, 0.1) is 5.92 Å². The molecule has 1 aromatic rings. The Morgan fingerprint density at radius 2 is 2.23 bits per heavy atom. The van der Waals surface area contributed by atoms with Gasteiger partial charge in [-0.25, -0.2) is 17.9 Å². The summed E-state index contributed by atoms with van der Waals surface area (Å²) < 4.78 is 31.9. The Labute approximate surface area is 135 Å². The number of carbonyl (C=O) groups is 1. The van der Waals surface area contributed by atoms with E-state index in [9.17, 15) is 13.2 Å². The first-order chi connectivity index (χ1) is 10.4. The molecule has 0 saturated carbocycles. The van der Waals surface area contributed by atoms with Crippen LogP contribution in [0.3, 0.4) is 0 Å². The summed E-state index contributed by atoms with van der Waals surface area (Å²) in [6.07, 6.45) is 2.02. The van der Waals surface area contributed by atoms with Gasteiger partial charge in [-0.05, 0) is 50.0 Å². The van der Waals surface area contributed by atoms with Crippen LogP contribution < -0.4 is 10.0 Å². The van der Waals surface area contributed by atoms with Crippen molar-refractivity contribution in [3.63, 3.8) is 0 Å². The van der Waals surface area contributed by atoms with E-state index in [2.05, 4.69) is 14.8 Å². The van der Waals surface area contributed by atoms with Crippen molar-refractivity contribution in [3.05, 3.63) is 28.8 Å². The Kier molecular flexibility index (Phi) is 5.80.